The fraction of sp³-hybridized carbons (Fsp3) is 0.944. The number of carboxylic acids is 1. The summed E-state index contributed by atoms with van der Waals surface area (Å²) in [5.41, 5.74) is 0. The fourth-order valence-corrected chi connectivity index (χ4v) is 3.84. The molecule has 0 fully saturated rings. The normalized spacial score (nSPS) is 11.7. The summed E-state index contributed by atoms with van der Waals surface area (Å²) < 4.78 is 26.2. The van der Waals surface area contributed by atoms with Gasteiger partial charge in [0, 0.05) is 13.0 Å². The zero-order valence-electron chi connectivity index (χ0n) is 15.4. The Morgan fingerprint density at radius 3 is 1.83 bits per heavy atom. The molecule has 5 nitrogen and oxygen atoms in total. The maximum atomic E-state index is 11.8. The van der Waals surface area contributed by atoms with Crippen molar-refractivity contribution in [3.63, 3.8) is 0 Å². The lowest BCUT2D eigenvalue weighted by Gasteiger charge is -2.06. The molecular weight excluding hydrogens is 326 g/mol. The molecule has 0 aliphatic carbocycles. The van der Waals surface area contributed by atoms with Gasteiger partial charge in [-0.1, -0.05) is 71.1 Å². The number of hydrogen-bond donors (Lipinski definition) is 2. The van der Waals surface area contributed by atoms with Crippen LogP contribution in [0.1, 0.15) is 96.8 Å². The SMILES string of the molecule is CCCCCCCCCCCCS(=O)(=O)NCCCCCC(=O)O. The molecule has 0 saturated heterocycles. The number of carboxylic acid groups (broad SMARTS) is 1. The van der Waals surface area contributed by atoms with Crippen LogP contribution >= 0.6 is 0 Å². The molecule has 24 heavy (non-hydrogen) atoms. The van der Waals surface area contributed by atoms with E-state index in [4.69, 9.17) is 5.11 Å². The van der Waals surface area contributed by atoms with Crippen LogP contribution in [0.2, 0.25) is 0 Å². The van der Waals surface area contributed by atoms with Crippen molar-refractivity contribution < 1.29 is 18.3 Å². The summed E-state index contributed by atoms with van der Waals surface area (Å²) in [6.07, 6.45) is 14.1. The summed E-state index contributed by atoms with van der Waals surface area (Å²) in [5.74, 6) is -0.588. The van der Waals surface area contributed by atoms with Crippen molar-refractivity contribution in [1.82, 2.24) is 4.72 Å². The van der Waals surface area contributed by atoms with Gasteiger partial charge in [0.2, 0.25) is 10.0 Å². The molecule has 0 amide bonds. The Bertz CT molecular complexity index is 396. The Kier molecular flexibility index (Phi) is 15.5. The second kappa shape index (κ2) is 15.9. The molecule has 0 heterocycles. The number of rotatable bonds is 18. The molecule has 0 aromatic carbocycles. The van der Waals surface area contributed by atoms with Gasteiger partial charge in [0.25, 0.3) is 0 Å². The monoisotopic (exact) mass is 363 g/mol. The zero-order valence-corrected chi connectivity index (χ0v) is 16.2. The smallest absolute Gasteiger partial charge is 0.303 e. The quantitative estimate of drug-likeness (QED) is 0.352. The van der Waals surface area contributed by atoms with Crippen molar-refractivity contribution in [2.24, 2.45) is 0 Å². The molecule has 0 aromatic rings. The number of nitrogens with one attached hydrogen (secondary N) is 1. The first-order valence-electron chi connectivity index (χ1n) is 9.67. The van der Waals surface area contributed by atoms with Gasteiger partial charge >= 0.3 is 5.97 Å². The average molecular weight is 364 g/mol. The van der Waals surface area contributed by atoms with E-state index in [1.807, 2.05) is 0 Å². The molecule has 0 rings (SSSR count). The number of sulfonamides is 1. The number of unbranched alkanes of at least 4 members (excludes halogenated alkanes) is 11. The van der Waals surface area contributed by atoms with Crippen LogP contribution in [0, 0.1) is 0 Å². The minimum atomic E-state index is -3.16. The zero-order chi connectivity index (χ0) is 18.1. The van der Waals surface area contributed by atoms with Gasteiger partial charge < -0.3 is 5.11 Å². The first-order chi connectivity index (χ1) is 11.5. The lowest BCUT2D eigenvalue weighted by atomic mass is 10.1. The van der Waals surface area contributed by atoms with Gasteiger partial charge in [-0.2, -0.15) is 0 Å². The molecule has 0 aliphatic heterocycles. The first-order valence-corrected chi connectivity index (χ1v) is 11.3. The molecule has 144 valence electrons. The minimum absolute atomic E-state index is 0.158. The lowest BCUT2D eigenvalue weighted by Crippen LogP contribution is -2.27. The van der Waals surface area contributed by atoms with Crippen LogP contribution in [-0.4, -0.2) is 31.8 Å². The van der Waals surface area contributed by atoms with Gasteiger partial charge in [0.15, 0.2) is 0 Å². The molecule has 0 bridgehead atoms. The molecular formula is C18H37NO4S. The Balaban J connectivity index is 3.39. The van der Waals surface area contributed by atoms with Gasteiger partial charge in [-0.25, -0.2) is 13.1 Å². The third kappa shape index (κ3) is 17.7. The average Bonchev–Trinajstić information content (AvgIpc) is 2.52. The molecule has 0 unspecified atom stereocenters. The highest BCUT2D eigenvalue weighted by Gasteiger charge is 2.08. The van der Waals surface area contributed by atoms with Crippen LogP contribution < -0.4 is 4.72 Å². The number of aliphatic carboxylic acids is 1. The Labute approximate surface area is 148 Å². The van der Waals surface area contributed by atoms with Crippen LogP contribution in [0.4, 0.5) is 0 Å². The van der Waals surface area contributed by atoms with Gasteiger partial charge in [-0.15, -0.1) is 0 Å². The molecule has 2 N–H and O–H groups in total. The van der Waals surface area contributed by atoms with Crippen molar-refractivity contribution in [3.8, 4) is 0 Å². The van der Waals surface area contributed by atoms with E-state index in [-0.39, 0.29) is 12.2 Å². The Morgan fingerprint density at radius 1 is 0.792 bits per heavy atom. The Hall–Kier alpha value is -0.620. The maximum absolute atomic E-state index is 11.8. The number of hydrogen-bond acceptors (Lipinski definition) is 3. The van der Waals surface area contributed by atoms with Gasteiger partial charge in [0.1, 0.15) is 0 Å². The van der Waals surface area contributed by atoms with E-state index >= 15 is 0 Å². The Morgan fingerprint density at radius 2 is 1.29 bits per heavy atom. The van der Waals surface area contributed by atoms with Crippen molar-refractivity contribution >= 4 is 16.0 Å². The van der Waals surface area contributed by atoms with Gasteiger partial charge in [-0.05, 0) is 19.3 Å². The predicted octanol–water partition coefficient (Wildman–Crippen LogP) is 4.47. The highest BCUT2D eigenvalue weighted by molar-refractivity contribution is 7.89. The highest BCUT2D eigenvalue weighted by Crippen LogP contribution is 2.10. The van der Waals surface area contributed by atoms with Gasteiger partial charge in [-0.3, -0.25) is 4.79 Å². The van der Waals surface area contributed by atoms with E-state index in [9.17, 15) is 13.2 Å². The predicted molar refractivity (Wildman–Crippen MR) is 99.7 cm³/mol. The van der Waals surface area contributed by atoms with E-state index in [0.717, 1.165) is 25.7 Å². The van der Waals surface area contributed by atoms with E-state index in [0.29, 0.717) is 19.4 Å². The van der Waals surface area contributed by atoms with Gasteiger partial charge in [0.05, 0.1) is 5.75 Å². The largest absolute Gasteiger partial charge is 0.481 e. The molecule has 0 saturated carbocycles. The standard InChI is InChI=1S/C18H37NO4S/c1-2-3-4-5-6-7-8-9-10-14-17-24(22,23)19-16-13-11-12-15-18(20)21/h19H,2-17H2,1H3,(H,20,21). The summed E-state index contributed by atoms with van der Waals surface area (Å²) in [7, 11) is -3.16. The maximum Gasteiger partial charge on any atom is 0.303 e. The van der Waals surface area contributed by atoms with Crippen LogP contribution in [0.15, 0.2) is 0 Å². The molecule has 6 heteroatoms. The third-order valence-electron chi connectivity index (χ3n) is 4.16. The molecule has 0 aliphatic rings. The summed E-state index contributed by atoms with van der Waals surface area (Å²) in [6, 6.07) is 0. The molecule has 0 radical (unpaired) electrons. The summed E-state index contributed by atoms with van der Waals surface area (Å²) in [4.78, 5) is 10.4. The summed E-state index contributed by atoms with van der Waals surface area (Å²) in [6.45, 7) is 2.64. The lowest BCUT2D eigenvalue weighted by molar-refractivity contribution is -0.137. The second-order valence-electron chi connectivity index (χ2n) is 6.60. The van der Waals surface area contributed by atoms with E-state index in [1.165, 1.54) is 44.9 Å². The summed E-state index contributed by atoms with van der Waals surface area (Å²) in [5, 5.41) is 8.51. The third-order valence-corrected chi connectivity index (χ3v) is 5.63. The molecule has 0 aromatic heterocycles. The van der Waals surface area contributed by atoms with Crippen LogP contribution in [0.3, 0.4) is 0 Å². The minimum Gasteiger partial charge on any atom is -0.481 e. The first kappa shape index (κ1) is 23.4. The topological polar surface area (TPSA) is 83.5 Å². The van der Waals surface area contributed by atoms with Crippen molar-refractivity contribution in [2.75, 3.05) is 12.3 Å². The van der Waals surface area contributed by atoms with E-state index in [2.05, 4.69) is 11.6 Å². The van der Waals surface area contributed by atoms with E-state index in [1.54, 1.807) is 0 Å². The van der Waals surface area contributed by atoms with E-state index < -0.39 is 16.0 Å². The van der Waals surface area contributed by atoms with Crippen molar-refractivity contribution in [3.05, 3.63) is 0 Å². The van der Waals surface area contributed by atoms with Crippen LogP contribution in [0.5, 0.6) is 0 Å². The second-order valence-corrected chi connectivity index (χ2v) is 8.53. The summed E-state index contributed by atoms with van der Waals surface area (Å²) >= 11 is 0. The highest BCUT2D eigenvalue weighted by atomic mass is 32.2. The van der Waals surface area contributed by atoms with Crippen molar-refractivity contribution in [2.45, 2.75) is 96.8 Å². The molecule has 0 atom stereocenters. The van der Waals surface area contributed by atoms with Crippen molar-refractivity contribution in [1.29, 1.82) is 0 Å². The van der Waals surface area contributed by atoms with Crippen LogP contribution in [-0.2, 0) is 14.8 Å². The fourth-order valence-electron chi connectivity index (χ4n) is 2.66. The molecule has 0 spiro atoms. The number of carbonyl (C=O) groups is 1. The van der Waals surface area contributed by atoms with Crippen LogP contribution in [0.25, 0.3) is 0 Å².